The van der Waals surface area contributed by atoms with E-state index >= 15 is 0 Å². The van der Waals surface area contributed by atoms with Gasteiger partial charge in [0.2, 0.25) is 5.88 Å². The highest BCUT2D eigenvalue weighted by Crippen LogP contribution is 2.27. The van der Waals surface area contributed by atoms with Crippen molar-refractivity contribution in [2.75, 3.05) is 13.4 Å². The molecule has 2 rings (SSSR count). The summed E-state index contributed by atoms with van der Waals surface area (Å²) in [6, 6.07) is 9.58. The SMILES string of the molecule is COc1cc(CC(O)c2ccccc2SC)ncn1. The van der Waals surface area contributed by atoms with Gasteiger partial charge in [-0.3, -0.25) is 0 Å². The quantitative estimate of drug-likeness (QED) is 0.850. The molecule has 4 nitrogen and oxygen atoms in total. The van der Waals surface area contributed by atoms with Gasteiger partial charge in [-0.25, -0.2) is 9.97 Å². The van der Waals surface area contributed by atoms with Crippen molar-refractivity contribution in [3.05, 3.63) is 47.9 Å². The van der Waals surface area contributed by atoms with Crippen LogP contribution in [0.4, 0.5) is 0 Å². The number of benzene rings is 1. The maximum Gasteiger partial charge on any atom is 0.216 e. The number of aliphatic hydroxyl groups excluding tert-OH is 1. The highest BCUT2D eigenvalue weighted by molar-refractivity contribution is 7.98. The Morgan fingerprint density at radius 1 is 1.32 bits per heavy atom. The minimum atomic E-state index is -0.580. The molecule has 1 N–H and O–H groups in total. The summed E-state index contributed by atoms with van der Waals surface area (Å²) in [6.07, 6.45) is 3.31. The van der Waals surface area contributed by atoms with E-state index in [1.807, 2.05) is 30.5 Å². The van der Waals surface area contributed by atoms with Crippen molar-refractivity contribution >= 4 is 11.8 Å². The second-order valence-electron chi connectivity index (χ2n) is 4.01. The monoisotopic (exact) mass is 276 g/mol. The molecule has 100 valence electrons. The van der Waals surface area contributed by atoms with Gasteiger partial charge in [-0.05, 0) is 17.9 Å². The zero-order valence-electron chi connectivity index (χ0n) is 10.9. The lowest BCUT2D eigenvalue weighted by Crippen LogP contribution is -2.05. The van der Waals surface area contributed by atoms with Crippen LogP contribution in [0.1, 0.15) is 17.4 Å². The Kier molecular flexibility index (Phi) is 4.76. The third-order valence-corrected chi connectivity index (χ3v) is 3.62. The van der Waals surface area contributed by atoms with Gasteiger partial charge in [-0.1, -0.05) is 18.2 Å². The van der Waals surface area contributed by atoms with Crippen molar-refractivity contribution in [2.45, 2.75) is 17.4 Å². The van der Waals surface area contributed by atoms with Crippen LogP contribution in [0.25, 0.3) is 0 Å². The fraction of sp³-hybridized carbons (Fsp3) is 0.286. The van der Waals surface area contributed by atoms with Gasteiger partial charge in [0.25, 0.3) is 0 Å². The van der Waals surface area contributed by atoms with E-state index in [2.05, 4.69) is 9.97 Å². The number of methoxy groups -OCH3 is 1. The molecule has 0 saturated heterocycles. The normalized spacial score (nSPS) is 12.2. The highest BCUT2D eigenvalue weighted by atomic mass is 32.2. The average molecular weight is 276 g/mol. The second kappa shape index (κ2) is 6.54. The van der Waals surface area contributed by atoms with Gasteiger partial charge in [0.15, 0.2) is 0 Å². The van der Waals surface area contributed by atoms with Gasteiger partial charge in [-0.15, -0.1) is 11.8 Å². The molecule has 0 fully saturated rings. The number of rotatable bonds is 5. The zero-order valence-corrected chi connectivity index (χ0v) is 11.7. The van der Waals surface area contributed by atoms with E-state index in [0.717, 1.165) is 16.2 Å². The molecule has 0 aliphatic carbocycles. The number of hydrogen-bond donors (Lipinski definition) is 1. The third kappa shape index (κ3) is 3.45. The van der Waals surface area contributed by atoms with Crippen molar-refractivity contribution in [1.29, 1.82) is 0 Å². The van der Waals surface area contributed by atoms with Crippen molar-refractivity contribution in [3.63, 3.8) is 0 Å². The Morgan fingerprint density at radius 2 is 2.11 bits per heavy atom. The predicted octanol–water partition coefficient (Wildman–Crippen LogP) is 2.48. The summed E-state index contributed by atoms with van der Waals surface area (Å²) in [5.74, 6) is 0.510. The fourth-order valence-electron chi connectivity index (χ4n) is 1.85. The van der Waals surface area contributed by atoms with E-state index in [1.165, 1.54) is 6.33 Å². The Balaban J connectivity index is 2.18. The Labute approximate surface area is 116 Å². The zero-order chi connectivity index (χ0) is 13.7. The molecule has 1 atom stereocenters. The second-order valence-corrected chi connectivity index (χ2v) is 4.86. The van der Waals surface area contributed by atoms with E-state index in [1.54, 1.807) is 24.9 Å². The van der Waals surface area contributed by atoms with Gasteiger partial charge < -0.3 is 9.84 Å². The number of ether oxygens (including phenoxy) is 1. The molecule has 1 heterocycles. The van der Waals surface area contributed by atoms with Crippen LogP contribution >= 0.6 is 11.8 Å². The van der Waals surface area contributed by atoms with Crippen LogP contribution in [0.15, 0.2) is 41.6 Å². The van der Waals surface area contributed by atoms with Gasteiger partial charge in [0.05, 0.1) is 18.9 Å². The number of thioether (sulfide) groups is 1. The molecule has 5 heteroatoms. The van der Waals surface area contributed by atoms with Crippen LogP contribution in [0.5, 0.6) is 5.88 Å². The average Bonchev–Trinajstić information content (AvgIpc) is 2.47. The molecule has 19 heavy (non-hydrogen) atoms. The van der Waals surface area contributed by atoms with Crippen LogP contribution in [-0.2, 0) is 6.42 Å². The summed E-state index contributed by atoms with van der Waals surface area (Å²) < 4.78 is 5.05. The number of nitrogens with zero attached hydrogens (tertiary/aromatic N) is 2. The van der Waals surface area contributed by atoms with E-state index < -0.39 is 6.10 Å². The highest BCUT2D eigenvalue weighted by Gasteiger charge is 2.13. The summed E-state index contributed by atoms with van der Waals surface area (Å²) in [5.41, 5.74) is 1.68. The lowest BCUT2D eigenvalue weighted by molar-refractivity contribution is 0.174. The maximum absolute atomic E-state index is 10.3. The summed E-state index contributed by atoms with van der Waals surface area (Å²) in [5, 5.41) is 10.3. The predicted molar refractivity (Wildman–Crippen MR) is 75.5 cm³/mol. The molecule has 1 aromatic heterocycles. The summed E-state index contributed by atoms with van der Waals surface area (Å²) in [6.45, 7) is 0. The molecule has 1 unspecified atom stereocenters. The van der Waals surface area contributed by atoms with Gasteiger partial charge in [-0.2, -0.15) is 0 Å². The van der Waals surface area contributed by atoms with Gasteiger partial charge in [0, 0.05) is 17.4 Å². The molecular formula is C14H16N2O2S. The summed E-state index contributed by atoms with van der Waals surface area (Å²) >= 11 is 1.62. The molecule has 0 bridgehead atoms. The standard InChI is InChI=1S/C14H16N2O2S/c1-18-14-8-10(15-9-16-14)7-12(17)11-5-3-4-6-13(11)19-2/h3-6,8-9,12,17H,7H2,1-2H3. The first-order valence-electron chi connectivity index (χ1n) is 5.90. The lowest BCUT2D eigenvalue weighted by atomic mass is 10.0. The molecule has 0 saturated carbocycles. The Bertz CT molecular complexity index is 548. The number of aliphatic hydroxyl groups is 1. The number of aromatic nitrogens is 2. The molecule has 0 amide bonds. The van der Waals surface area contributed by atoms with Crippen LogP contribution in [0, 0.1) is 0 Å². The van der Waals surface area contributed by atoms with Crippen molar-refractivity contribution < 1.29 is 9.84 Å². The minimum Gasteiger partial charge on any atom is -0.481 e. The van der Waals surface area contributed by atoms with E-state index in [0.29, 0.717) is 12.3 Å². The molecule has 2 aromatic rings. The molecule has 0 spiro atoms. The van der Waals surface area contributed by atoms with Crippen LogP contribution in [-0.4, -0.2) is 28.4 Å². The minimum absolute atomic E-state index is 0.441. The van der Waals surface area contributed by atoms with E-state index in [-0.39, 0.29) is 0 Å². The fourth-order valence-corrected chi connectivity index (χ4v) is 2.50. The van der Waals surface area contributed by atoms with Crippen LogP contribution in [0.2, 0.25) is 0 Å². The third-order valence-electron chi connectivity index (χ3n) is 2.81. The first-order valence-corrected chi connectivity index (χ1v) is 7.13. The molecule has 1 aromatic carbocycles. The smallest absolute Gasteiger partial charge is 0.216 e. The molecular weight excluding hydrogens is 260 g/mol. The maximum atomic E-state index is 10.3. The van der Waals surface area contributed by atoms with E-state index in [9.17, 15) is 5.11 Å². The molecule has 0 radical (unpaired) electrons. The first-order chi connectivity index (χ1) is 9.24. The Morgan fingerprint density at radius 3 is 2.84 bits per heavy atom. The van der Waals surface area contributed by atoms with Crippen LogP contribution in [0.3, 0.4) is 0 Å². The van der Waals surface area contributed by atoms with Gasteiger partial charge in [0.1, 0.15) is 6.33 Å². The summed E-state index contributed by atoms with van der Waals surface area (Å²) in [7, 11) is 1.56. The topological polar surface area (TPSA) is 55.2 Å². The van der Waals surface area contributed by atoms with Crippen LogP contribution < -0.4 is 4.74 Å². The summed E-state index contributed by atoms with van der Waals surface area (Å²) in [4.78, 5) is 9.18. The van der Waals surface area contributed by atoms with Crippen molar-refractivity contribution in [3.8, 4) is 5.88 Å². The van der Waals surface area contributed by atoms with Gasteiger partial charge >= 0.3 is 0 Å². The van der Waals surface area contributed by atoms with Crippen molar-refractivity contribution in [1.82, 2.24) is 9.97 Å². The van der Waals surface area contributed by atoms with Crippen molar-refractivity contribution in [2.24, 2.45) is 0 Å². The largest absolute Gasteiger partial charge is 0.481 e. The first kappa shape index (κ1) is 13.8. The molecule has 0 aliphatic heterocycles. The lowest BCUT2D eigenvalue weighted by Gasteiger charge is -2.14. The Hall–Kier alpha value is -1.59. The van der Waals surface area contributed by atoms with E-state index in [4.69, 9.17) is 4.74 Å². The number of hydrogen-bond acceptors (Lipinski definition) is 5. The molecule has 0 aliphatic rings.